The van der Waals surface area contributed by atoms with E-state index in [-0.39, 0.29) is 36.8 Å². The molecule has 0 aliphatic rings. The summed E-state index contributed by atoms with van der Waals surface area (Å²) in [6.45, 7) is 2.58. The predicted molar refractivity (Wildman–Crippen MR) is 114 cm³/mol. The maximum atomic E-state index is 12.8. The van der Waals surface area contributed by atoms with Gasteiger partial charge in [-0.2, -0.15) is 0 Å². The van der Waals surface area contributed by atoms with Gasteiger partial charge in [-0.05, 0) is 29.3 Å². The molecule has 26 heavy (non-hydrogen) atoms. The Kier molecular flexibility index (Phi) is 8.79. The van der Waals surface area contributed by atoms with Crippen LogP contribution in [0.5, 0.6) is 0 Å². The highest BCUT2D eigenvalue weighted by Crippen LogP contribution is 2.27. The number of benzene rings is 2. The zero-order chi connectivity index (χ0) is 16.9. The molecule has 0 fully saturated rings. The maximum Gasteiger partial charge on any atom is 0.253 e. The zero-order valence-corrected chi connectivity index (χ0v) is 16.4. The Balaban J connectivity index is 0.00000169. The van der Waals surface area contributed by atoms with Gasteiger partial charge >= 0.3 is 0 Å². The van der Waals surface area contributed by atoms with E-state index in [0.717, 1.165) is 40.9 Å². The van der Waals surface area contributed by atoms with Crippen LogP contribution in [0.25, 0.3) is 21.7 Å². The van der Waals surface area contributed by atoms with Crippen molar-refractivity contribution >= 4 is 52.4 Å². The fourth-order valence-corrected chi connectivity index (χ4v) is 3.06. The molecule has 0 saturated heterocycles. The van der Waals surface area contributed by atoms with Crippen LogP contribution in [0.2, 0.25) is 0 Å². The molecule has 0 bridgehead atoms. The first-order chi connectivity index (χ1) is 11.7. The monoisotopic (exact) mass is 393 g/mol. The van der Waals surface area contributed by atoms with E-state index in [0.29, 0.717) is 12.1 Å². The standard InChI is InChI=1S/C20H23N3O.2ClH/c1-2-3-8-15(13-21)23-20(24)18-12-14-7-4-5-9-16(14)17-10-6-11-22-19(17)18;;/h4-7,9-12,15H,2-3,8,13,21H2,1H3,(H,23,24);2*1H. The highest BCUT2D eigenvalue weighted by molar-refractivity contribution is 6.15. The lowest BCUT2D eigenvalue weighted by Gasteiger charge is -2.17. The number of carbonyl (C=O) groups is 1. The summed E-state index contributed by atoms with van der Waals surface area (Å²) in [6.07, 6.45) is 4.77. The fourth-order valence-electron chi connectivity index (χ4n) is 3.06. The van der Waals surface area contributed by atoms with Crippen LogP contribution >= 0.6 is 24.8 Å². The minimum absolute atomic E-state index is 0. The summed E-state index contributed by atoms with van der Waals surface area (Å²) < 4.78 is 0. The molecule has 1 atom stereocenters. The lowest BCUT2D eigenvalue weighted by molar-refractivity contribution is 0.0937. The molecular formula is C20H25Cl2N3O. The molecule has 3 N–H and O–H groups in total. The van der Waals surface area contributed by atoms with Gasteiger partial charge in [-0.25, -0.2) is 0 Å². The molecule has 1 heterocycles. The second-order valence-corrected chi connectivity index (χ2v) is 6.09. The molecule has 2 aromatic carbocycles. The van der Waals surface area contributed by atoms with Crippen LogP contribution < -0.4 is 11.1 Å². The number of carbonyl (C=O) groups excluding carboxylic acids is 1. The molecule has 1 unspecified atom stereocenters. The van der Waals surface area contributed by atoms with Crippen molar-refractivity contribution in [1.82, 2.24) is 10.3 Å². The molecule has 0 aliphatic heterocycles. The van der Waals surface area contributed by atoms with Crippen molar-refractivity contribution in [2.24, 2.45) is 5.73 Å². The van der Waals surface area contributed by atoms with Crippen molar-refractivity contribution in [2.75, 3.05) is 6.54 Å². The van der Waals surface area contributed by atoms with Crippen LogP contribution in [0.4, 0.5) is 0 Å². The third kappa shape index (κ3) is 4.64. The minimum Gasteiger partial charge on any atom is -0.348 e. The van der Waals surface area contributed by atoms with Crippen molar-refractivity contribution in [3.8, 4) is 0 Å². The van der Waals surface area contributed by atoms with Gasteiger partial charge in [-0.15, -0.1) is 24.8 Å². The van der Waals surface area contributed by atoms with Gasteiger partial charge in [-0.3, -0.25) is 9.78 Å². The van der Waals surface area contributed by atoms with Gasteiger partial charge in [0.05, 0.1) is 11.1 Å². The molecule has 0 saturated carbocycles. The number of hydrogen-bond acceptors (Lipinski definition) is 3. The van der Waals surface area contributed by atoms with Gasteiger partial charge in [0.2, 0.25) is 0 Å². The van der Waals surface area contributed by atoms with Crippen LogP contribution in [-0.4, -0.2) is 23.5 Å². The van der Waals surface area contributed by atoms with E-state index in [1.807, 2.05) is 36.4 Å². The first kappa shape index (κ1) is 22.2. The smallest absolute Gasteiger partial charge is 0.253 e. The Labute approximate surface area is 166 Å². The van der Waals surface area contributed by atoms with Gasteiger partial charge in [0, 0.05) is 24.2 Å². The summed E-state index contributed by atoms with van der Waals surface area (Å²) in [5, 5.41) is 6.22. The summed E-state index contributed by atoms with van der Waals surface area (Å²) >= 11 is 0. The number of hydrogen-bond donors (Lipinski definition) is 2. The normalized spacial score (nSPS) is 11.5. The molecule has 3 aromatic rings. The summed E-state index contributed by atoms with van der Waals surface area (Å²) in [6, 6.07) is 13.9. The lowest BCUT2D eigenvalue weighted by Crippen LogP contribution is -2.40. The molecule has 140 valence electrons. The van der Waals surface area contributed by atoms with E-state index in [4.69, 9.17) is 5.73 Å². The van der Waals surface area contributed by atoms with Gasteiger partial charge in [-0.1, -0.05) is 50.1 Å². The second kappa shape index (κ2) is 10.3. The first-order valence-electron chi connectivity index (χ1n) is 8.52. The van der Waals surface area contributed by atoms with E-state index in [1.54, 1.807) is 6.20 Å². The van der Waals surface area contributed by atoms with Crippen LogP contribution in [-0.2, 0) is 0 Å². The van der Waals surface area contributed by atoms with Gasteiger partial charge < -0.3 is 11.1 Å². The highest BCUT2D eigenvalue weighted by Gasteiger charge is 2.17. The molecule has 3 rings (SSSR count). The number of fused-ring (bicyclic) bond motifs is 3. The van der Waals surface area contributed by atoms with Crippen molar-refractivity contribution in [2.45, 2.75) is 32.2 Å². The van der Waals surface area contributed by atoms with Crippen molar-refractivity contribution in [3.05, 3.63) is 54.2 Å². The SMILES string of the molecule is CCCCC(CN)NC(=O)c1cc2ccccc2c2cccnc12.Cl.Cl. The van der Waals surface area contributed by atoms with Gasteiger partial charge in [0.25, 0.3) is 5.91 Å². The third-order valence-corrected chi connectivity index (χ3v) is 4.38. The van der Waals surface area contributed by atoms with Crippen LogP contribution in [0.3, 0.4) is 0 Å². The van der Waals surface area contributed by atoms with Crippen LogP contribution in [0.1, 0.15) is 36.5 Å². The molecule has 0 aliphatic carbocycles. The maximum absolute atomic E-state index is 12.8. The predicted octanol–water partition coefficient (Wildman–Crippen LogP) is 4.48. The summed E-state index contributed by atoms with van der Waals surface area (Å²) in [7, 11) is 0. The third-order valence-electron chi connectivity index (χ3n) is 4.38. The number of nitrogens with two attached hydrogens (primary N) is 1. The Bertz CT molecular complexity index is 870. The first-order valence-corrected chi connectivity index (χ1v) is 8.52. The Morgan fingerprint density at radius 1 is 1.15 bits per heavy atom. The number of nitrogens with zero attached hydrogens (tertiary/aromatic N) is 1. The highest BCUT2D eigenvalue weighted by atomic mass is 35.5. The number of pyridine rings is 1. The number of halogens is 2. The number of rotatable bonds is 6. The number of unbranched alkanes of at least 4 members (excludes halogenated alkanes) is 1. The molecule has 0 spiro atoms. The molecule has 1 amide bonds. The number of aromatic nitrogens is 1. The largest absolute Gasteiger partial charge is 0.348 e. The summed E-state index contributed by atoms with van der Waals surface area (Å²) in [5.41, 5.74) is 7.16. The van der Waals surface area contributed by atoms with Gasteiger partial charge in [0.15, 0.2) is 0 Å². The topological polar surface area (TPSA) is 68.0 Å². The second-order valence-electron chi connectivity index (χ2n) is 6.09. The van der Waals surface area contributed by atoms with E-state index in [2.05, 4.69) is 23.3 Å². The lowest BCUT2D eigenvalue weighted by atomic mass is 10.00. The quantitative estimate of drug-likeness (QED) is 0.606. The molecular weight excluding hydrogens is 369 g/mol. The zero-order valence-electron chi connectivity index (χ0n) is 14.8. The Morgan fingerprint density at radius 3 is 2.62 bits per heavy atom. The minimum atomic E-state index is -0.101. The van der Waals surface area contributed by atoms with Crippen LogP contribution in [0.15, 0.2) is 48.7 Å². The van der Waals surface area contributed by atoms with E-state index in [9.17, 15) is 4.79 Å². The van der Waals surface area contributed by atoms with Crippen LogP contribution in [0, 0.1) is 0 Å². The van der Waals surface area contributed by atoms with E-state index >= 15 is 0 Å². The molecule has 0 radical (unpaired) electrons. The average molecular weight is 394 g/mol. The summed E-state index contributed by atoms with van der Waals surface area (Å²) in [4.78, 5) is 17.3. The fraction of sp³-hybridized carbons (Fsp3) is 0.300. The van der Waals surface area contributed by atoms with E-state index in [1.165, 1.54) is 0 Å². The Hall–Kier alpha value is -1.88. The molecule has 1 aromatic heterocycles. The molecule has 4 nitrogen and oxygen atoms in total. The molecule has 6 heteroatoms. The number of amides is 1. The Morgan fingerprint density at radius 2 is 1.88 bits per heavy atom. The van der Waals surface area contributed by atoms with E-state index < -0.39 is 0 Å². The van der Waals surface area contributed by atoms with Crippen molar-refractivity contribution < 1.29 is 4.79 Å². The summed E-state index contributed by atoms with van der Waals surface area (Å²) in [5.74, 6) is -0.101. The van der Waals surface area contributed by atoms with Gasteiger partial charge in [0.1, 0.15) is 0 Å². The number of nitrogens with one attached hydrogen (secondary N) is 1. The van der Waals surface area contributed by atoms with Crippen molar-refractivity contribution in [1.29, 1.82) is 0 Å². The van der Waals surface area contributed by atoms with Crippen molar-refractivity contribution in [3.63, 3.8) is 0 Å². The average Bonchev–Trinajstić information content (AvgIpc) is 2.64.